The summed E-state index contributed by atoms with van der Waals surface area (Å²) in [5.74, 6) is -0.0817. The highest BCUT2D eigenvalue weighted by atomic mass is 32.1. The largest absolute Gasteiger partial charge is 0.300 e. The first-order chi connectivity index (χ1) is 11.4. The van der Waals surface area contributed by atoms with E-state index in [1.54, 1.807) is 19.9 Å². The van der Waals surface area contributed by atoms with E-state index >= 15 is 0 Å². The fourth-order valence-electron chi connectivity index (χ4n) is 2.41. The number of rotatable bonds is 5. The molecule has 0 unspecified atom stereocenters. The van der Waals surface area contributed by atoms with Gasteiger partial charge in [-0.2, -0.15) is 5.10 Å². The van der Waals surface area contributed by atoms with Gasteiger partial charge in [-0.3, -0.25) is 14.4 Å². The van der Waals surface area contributed by atoms with Crippen molar-refractivity contribution in [3.63, 3.8) is 0 Å². The molecule has 8 heteroatoms. The number of Topliss-reactive ketones (excluding diaryl/α,β-unsaturated/α-hetero) is 1. The topological polar surface area (TPSA) is 94.0 Å². The Kier molecular flexibility index (Phi) is 4.31. The number of amides is 1. The zero-order valence-corrected chi connectivity index (χ0v) is 14.5. The van der Waals surface area contributed by atoms with Gasteiger partial charge in [0.1, 0.15) is 6.04 Å². The molecule has 0 bridgehead atoms. The molecule has 2 aromatic heterocycles. The van der Waals surface area contributed by atoms with Crippen LogP contribution in [-0.4, -0.2) is 26.5 Å². The van der Waals surface area contributed by atoms with Crippen molar-refractivity contribution in [1.29, 1.82) is 0 Å². The molecule has 0 spiro atoms. The molecule has 0 aliphatic heterocycles. The van der Waals surface area contributed by atoms with Crippen molar-refractivity contribution in [3.05, 3.63) is 38.8 Å². The molecule has 1 aliphatic carbocycles. The zero-order chi connectivity index (χ0) is 17.4. The Balaban J connectivity index is 1.80. The van der Waals surface area contributed by atoms with Gasteiger partial charge in [-0.05, 0) is 32.8 Å². The van der Waals surface area contributed by atoms with Crippen molar-refractivity contribution >= 4 is 28.2 Å². The molecule has 0 radical (unpaired) electrons. The van der Waals surface area contributed by atoms with E-state index in [9.17, 15) is 14.4 Å². The van der Waals surface area contributed by atoms with Crippen molar-refractivity contribution in [1.82, 2.24) is 14.8 Å². The maximum Gasteiger partial charge on any atom is 0.267 e. The second kappa shape index (κ2) is 6.27. The van der Waals surface area contributed by atoms with E-state index in [1.807, 2.05) is 0 Å². The first kappa shape index (κ1) is 16.5. The van der Waals surface area contributed by atoms with E-state index in [2.05, 4.69) is 15.4 Å². The van der Waals surface area contributed by atoms with Crippen LogP contribution in [0.15, 0.2) is 16.9 Å². The molecule has 126 valence electrons. The van der Waals surface area contributed by atoms with Crippen LogP contribution < -0.4 is 10.9 Å². The Morgan fingerprint density at radius 2 is 2.08 bits per heavy atom. The van der Waals surface area contributed by atoms with Crippen molar-refractivity contribution < 1.29 is 9.59 Å². The Morgan fingerprint density at radius 1 is 1.38 bits per heavy atom. The number of aromatic nitrogens is 3. The molecule has 2 heterocycles. The molecule has 0 aromatic carbocycles. The third-order valence-corrected chi connectivity index (χ3v) is 5.11. The molecule has 1 N–H and O–H groups in total. The maximum absolute atomic E-state index is 12.4. The second-order valence-electron chi connectivity index (χ2n) is 5.97. The summed E-state index contributed by atoms with van der Waals surface area (Å²) in [6.07, 6.45) is 2.13. The molecule has 7 nitrogen and oxygen atoms in total. The summed E-state index contributed by atoms with van der Waals surface area (Å²) in [6.45, 7) is 4.80. The first-order valence-electron chi connectivity index (χ1n) is 7.76. The summed E-state index contributed by atoms with van der Waals surface area (Å²) in [6, 6.07) is 2.41. The molecule has 24 heavy (non-hydrogen) atoms. The van der Waals surface area contributed by atoms with Crippen LogP contribution in [0.25, 0.3) is 0 Å². The summed E-state index contributed by atoms with van der Waals surface area (Å²) < 4.78 is 1.20. The first-order valence-corrected chi connectivity index (χ1v) is 8.57. The fraction of sp³-hybridized carbons (Fsp3) is 0.438. The van der Waals surface area contributed by atoms with Crippen LogP contribution in [0, 0.1) is 6.92 Å². The van der Waals surface area contributed by atoms with Gasteiger partial charge in [0.25, 0.3) is 11.5 Å². The Hall–Kier alpha value is -2.35. The molecule has 1 saturated carbocycles. The molecule has 1 aliphatic rings. The molecule has 1 fully saturated rings. The third-order valence-electron chi connectivity index (χ3n) is 3.93. The summed E-state index contributed by atoms with van der Waals surface area (Å²) >= 11 is 1.13. The van der Waals surface area contributed by atoms with E-state index < -0.39 is 6.04 Å². The number of nitrogens with one attached hydrogen (secondary N) is 1. The predicted octanol–water partition coefficient (Wildman–Crippen LogP) is 2.29. The van der Waals surface area contributed by atoms with Crippen LogP contribution in [-0.2, 0) is 4.79 Å². The molecular weight excluding hydrogens is 328 g/mol. The lowest BCUT2D eigenvalue weighted by atomic mass is 10.2. The number of hydrogen-bond donors (Lipinski definition) is 1. The normalized spacial score (nSPS) is 15.1. The van der Waals surface area contributed by atoms with Gasteiger partial charge >= 0.3 is 0 Å². The summed E-state index contributed by atoms with van der Waals surface area (Å²) in [5, 5.41) is 7.33. The number of thiazole rings is 1. The van der Waals surface area contributed by atoms with Gasteiger partial charge in [-0.25, -0.2) is 9.67 Å². The Bertz CT molecular complexity index is 866. The van der Waals surface area contributed by atoms with Crippen molar-refractivity contribution in [2.75, 3.05) is 5.32 Å². The van der Waals surface area contributed by atoms with Crippen LogP contribution in [0.5, 0.6) is 0 Å². The predicted molar refractivity (Wildman–Crippen MR) is 90.7 cm³/mol. The van der Waals surface area contributed by atoms with Gasteiger partial charge in [0, 0.05) is 18.9 Å². The molecule has 3 rings (SSSR count). The highest BCUT2D eigenvalue weighted by Crippen LogP contribution is 2.38. The van der Waals surface area contributed by atoms with Gasteiger partial charge in [-0.15, -0.1) is 0 Å². The van der Waals surface area contributed by atoms with E-state index in [0.717, 1.165) is 29.9 Å². The molecule has 2 aromatic rings. The van der Waals surface area contributed by atoms with Gasteiger partial charge < -0.3 is 5.32 Å². The highest BCUT2D eigenvalue weighted by molar-refractivity contribution is 7.17. The van der Waals surface area contributed by atoms with E-state index in [4.69, 9.17) is 0 Å². The van der Waals surface area contributed by atoms with Gasteiger partial charge in [0.2, 0.25) is 0 Å². The number of hydrogen-bond acceptors (Lipinski definition) is 6. The van der Waals surface area contributed by atoms with E-state index in [-0.39, 0.29) is 17.2 Å². The number of anilines is 1. The Labute approximate surface area is 142 Å². The average molecular weight is 346 g/mol. The number of carbonyl (C=O) groups excluding carboxylic acids is 2. The lowest BCUT2D eigenvalue weighted by Gasteiger charge is -2.13. The van der Waals surface area contributed by atoms with E-state index in [1.165, 1.54) is 17.7 Å². The smallest absolute Gasteiger partial charge is 0.267 e. The van der Waals surface area contributed by atoms with Crippen molar-refractivity contribution in [2.24, 2.45) is 0 Å². The minimum Gasteiger partial charge on any atom is -0.300 e. The number of carbonyl (C=O) groups is 2. The Morgan fingerprint density at radius 3 is 2.67 bits per heavy atom. The van der Waals surface area contributed by atoms with Crippen LogP contribution in [0.1, 0.15) is 59.7 Å². The molecule has 1 amide bonds. The van der Waals surface area contributed by atoms with Crippen LogP contribution in [0.4, 0.5) is 5.13 Å². The number of ketones is 1. The standard InChI is InChI=1S/C16H18N4O3S/c1-8-14(10(3)21)24-16(17-8)18-15(23)9(2)20-13(22)7-6-12(19-20)11-4-5-11/h6-7,9,11H,4-5H2,1-3H3,(H,17,18,23)/t9-/m0/s1. The maximum atomic E-state index is 12.4. The molecular formula is C16H18N4O3S. The van der Waals surface area contributed by atoms with Crippen LogP contribution in [0.3, 0.4) is 0 Å². The van der Waals surface area contributed by atoms with Gasteiger partial charge in [0.15, 0.2) is 10.9 Å². The van der Waals surface area contributed by atoms with Crippen molar-refractivity contribution in [3.8, 4) is 0 Å². The summed E-state index contributed by atoms with van der Waals surface area (Å²) in [5.41, 5.74) is 1.11. The second-order valence-corrected chi connectivity index (χ2v) is 6.97. The van der Waals surface area contributed by atoms with Crippen LogP contribution >= 0.6 is 11.3 Å². The number of aryl methyl sites for hydroxylation is 1. The highest BCUT2D eigenvalue weighted by Gasteiger charge is 2.27. The van der Waals surface area contributed by atoms with Gasteiger partial charge in [0.05, 0.1) is 16.3 Å². The lowest BCUT2D eigenvalue weighted by Crippen LogP contribution is -2.33. The average Bonchev–Trinajstić information content (AvgIpc) is 3.30. The summed E-state index contributed by atoms with van der Waals surface area (Å²) in [7, 11) is 0. The fourth-order valence-corrected chi connectivity index (χ4v) is 3.28. The number of nitrogens with zero attached hydrogens (tertiary/aromatic N) is 3. The quantitative estimate of drug-likeness (QED) is 0.838. The SMILES string of the molecule is CC(=O)c1sc(NC(=O)[C@H](C)n2nc(C3CC3)ccc2=O)nc1C. The molecule has 1 atom stereocenters. The third kappa shape index (κ3) is 3.28. The minimum absolute atomic E-state index is 0.0893. The zero-order valence-electron chi connectivity index (χ0n) is 13.7. The summed E-state index contributed by atoms with van der Waals surface area (Å²) in [4.78, 5) is 40.6. The van der Waals surface area contributed by atoms with Gasteiger partial charge in [-0.1, -0.05) is 11.3 Å². The van der Waals surface area contributed by atoms with Crippen LogP contribution in [0.2, 0.25) is 0 Å². The van der Waals surface area contributed by atoms with Crippen molar-refractivity contribution in [2.45, 2.75) is 45.6 Å². The minimum atomic E-state index is -0.763. The molecule has 0 saturated heterocycles. The monoisotopic (exact) mass is 346 g/mol. The lowest BCUT2D eigenvalue weighted by molar-refractivity contribution is -0.119. The van der Waals surface area contributed by atoms with E-state index in [0.29, 0.717) is 21.6 Å².